The van der Waals surface area contributed by atoms with E-state index in [2.05, 4.69) is 0 Å². The van der Waals surface area contributed by atoms with Gasteiger partial charge in [-0.25, -0.2) is 0 Å². The molecule has 0 bridgehead atoms. The molecular weight excluding hydrogens is 586 g/mol. The average molecular weight is 594 g/mol. The van der Waals surface area contributed by atoms with Crippen LogP contribution in [0.2, 0.25) is 0 Å². The summed E-state index contributed by atoms with van der Waals surface area (Å²) in [7, 11) is 0. The Kier molecular flexibility index (Phi) is 12.1. The Hall–Kier alpha value is -2.26. The van der Waals surface area contributed by atoms with Crippen LogP contribution in [0.3, 0.4) is 0 Å². The summed E-state index contributed by atoms with van der Waals surface area (Å²) in [6.45, 7) is 0. The largest absolute Gasteiger partial charge is 2.00 e. The van der Waals surface area contributed by atoms with Gasteiger partial charge in [0.2, 0.25) is 0 Å². The van der Waals surface area contributed by atoms with Gasteiger partial charge in [-0.3, -0.25) is 0 Å². The third-order valence-electron chi connectivity index (χ3n) is 2.73. The molecule has 2 aromatic rings. The van der Waals surface area contributed by atoms with Crippen molar-refractivity contribution in [3.05, 3.63) is 70.8 Å². The summed E-state index contributed by atoms with van der Waals surface area (Å²) < 4.78 is 0. The standard InChI is InChI=1S/2C8H6O4.Ni.Pb/c2*9-7(10)5-3-1-2-4-6(5)8(11)12;;/h2*1-4H,(H,9,10)(H,11,12);;/q;;2*+2/p-4. The molecule has 0 aliphatic rings. The van der Waals surface area contributed by atoms with E-state index in [-0.39, 0.29) is 66.0 Å². The molecule has 0 aromatic heterocycles. The van der Waals surface area contributed by atoms with E-state index in [4.69, 9.17) is 0 Å². The average Bonchev–Trinajstić information content (AvgIpc) is 2.55. The molecule has 0 spiro atoms. The zero-order valence-electron chi connectivity index (χ0n) is 12.7. The van der Waals surface area contributed by atoms with Gasteiger partial charge in [-0.1, -0.05) is 48.5 Å². The summed E-state index contributed by atoms with van der Waals surface area (Å²) >= 11 is 0. The molecule has 0 heterocycles. The first-order valence-corrected chi connectivity index (χ1v) is 6.29. The van der Waals surface area contributed by atoms with Gasteiger partial charge in [0.25, 0.3) is 0 Å². The number of carbonyl (C=O) groups excluding carboxylic acids is 4. The van der Waals surface area contributed by atoms with E-state index < -0.39 is 23.9 Å². The number of hydrogen-bond donors (Lipinski definition) is 0. The quantitative estimate of drug-likeness (QED) is 0.329. The molecule has 0 aliphatic heterocycles. The van der Waals surface area contributed by atoms with Gasteiger partial charge in [0.15, 0.2) is 0 Å². The maximum atomic E-state index is 10.3. The molecule has 0 saturated heterocycles. The maximum absolute atomic E-state index is 10.3. The van der Waals surface area contributed by atoms with Crippen LogP contribution >= 0.6 is 0 Å². The van der Waals surface area contributed by atoms with Crippen molar-refractivity contribution in [1.82, 2.24) is 0 Å². The molecule has 0 unspecified atom stereocenters. The van der Waals surface area contributed by atoms with E-state index in [1.807, 2.05) is 0 Å². The van der Waals surface area contributed by atoms with Gasteiger partial charge >= 0.3 is 43.8 Å². The number of carboxylic acids is 4. The third-order valence-corrected chi connectivity index (χ3v) is 2.73. The fraction of sp³-hybridized carbons (Fsp3) is 0. The van der Waals surface area contributed by atoms with Crippen molar-refractivity contribution in [1.29, 1.82) is 0 Å². The molecule has 0 saturated carbocycles. The number of aromatic carboxylic acids is 4. The Morgan fingerprint density at radius 1 is 0.500 bits per heavy atom. The summed E-state index contributed by atoms with van der Waals surface area (Å²) in [6, 6.07) is 10.3. The summed E-state index contributed by atoms with van der Waals surface area (Å²) in [6.07, 6.45) is 0. The SMILES string of the molecule is O=C([O-])c1ccccc1C(=O)[O-].O=C([O-])c1ccccc1C(=O)[O-].[Ni+2].[Pb+2]. The van der Waals surface area contributed by atoms with Gasteiger partial charge in [0.05, 0.1) is 23.9 Å². The number of rotatable bonds is 4. The number of carboxylic acid groups (broad SMARTS) is 4. The van der Waals surface area contributed by atoms with Crippen molar-refractivity contribution >= 4 is 51.2 Å². The fourth-order valence-electron chi connectivity index (χ4n) is 1.68. The second-order valence-electron chi connectivity index (χ2n) is 4.24. The van der Waals surface area contributed by atoms with E-state index in [0.29, 0.717) is 0 Å². The van der Waals surface area contributed by atoms with Gasteiger partial charge in [-0.2, -0.15) is 0 Å². The molecule has 0 atom stereocenters. The summed E-state index contributed by atoms with van der Waals surface area (Å²) in [5, 5.41) is 41.3. The molecule has 0 fully saturated rings. The van der Waals surface area contributed by atoms with E-state index in [1.165, 1.54) is 24.3 Å². The fourth-order valence-corrected chi connectivity index (χ4v) is 1.68. The Balaban J connectivity index is 0. The second kappa shape index (κ2) is 12.1. The number of carbonyl (C=O) groups is 4. The monoisotopic (exact) mass is 594 g/mol. The smallest absolute Gasteiger partial charge is 0.545 e. The molecule has 8 nitrogen and oxygen atoms in total. The van der Waals surface area contributed by atoms with E-state index in [1.54, 1.807) is 0 Å². The van der Waals surface area contributed by atoms with Gasteiger partial charge in [0.1, 0.15) is 0 Å². The Labute approximate surface area is 177 Å². The Morgan fingerprint density at radius 3 is 0.769 bits per heavy atom. The van der Waals surface area contributed by atoms with Crippen LogP contribution < -0.4 is 20.4 Å². The van der Waals surface area contributed by atoms with Crippen LogP contribution in [0.1, 0.15) is 41.4 Å². The predicted molar refractivity (Wildman–Crippen MR) is 76.0 cm³/mol. The Morgan fingerprint density at radius 2 is 0.654 bits per heavy atom. The minimum absolute atomic E-state index is 0. The molecule has 2 aromatic carbocycles. The zero-order chi connectivity index (χ0) is 18.3. The molecule has 2 rings (SSSR count). The Bertz CT molecular complexity index is 673. The topological polar surface area (TPSA) is 161 Å². The summed E-state index contributed by atoms with van der Waals surface area (Å²) in [5.41, 5.74) is -1.45. The molecular formula is C16H8NiO8Pb. The van der Waals surface area contributed by atoms with Crippen molar-refractivity contribution in [3.63, 3.8) is 0 Å². The molecule has 134 valence electrons. The van der Waals surface area contributed by atoms with Crippen molar-refractivity contribution < 1.29 is 56.1 Å². The van der Waals surface area contributed by atoms with Crippen molar-refractivity contribution in [2.75, 3.05) is 0 Å². The van der Waals surface area contributed by atoms with Crippen LogP contribution in [-0.2, 0) is 16.5 Å². The molecule has 0 aliphatic carbocycles. The van der Waals surface area contributed by atoms with Crippen molar-refractivity contribution in [2.45, 2.75) is 0 Å². The molecule has 0 N–H and O–H groups in total. The van der Waals surface area contributed by atoms with Crippen LogP contribution in [0.25, 0.3) is 0 Å². The molecule has 2 radical (unpaired) electrons. The summed E-state index contributed by atoms with van der Waals surface area (Å²) in [4.78, 5) is 41.3. The van der Waals surface area contributed by atoms with E-state index >= 15 is 0 Å². The first-order valence-electron chi connectivity index (χ1n) is 6.29. The van der Waals surface area contributed by atoms with Crippen molar-refractivity contribution in [3.8, 4) is 0 Å². The minimum atomic E-state index is -1.52. The van der Waals surface area contributed by atoms with Gasteiger partial charge in [-0.05, 0) is 0 Å². The van der Waals surface area contributed by atoms with Crippen LogP contribution in [0, 0.1) is 0 Å². The van der Waals surface area contributed by atoms with E-state index in [0.717, 1.165) is 24.3 Å². The van der Waals surface area contributed by atoms with Crippen LogP contribution in [0.5, 0.6) is 0 Å². The minimum Gasteiger partial charge on any atom is -0.545 e. The summed E-state index contributed by atoms with van der Waals surface area (Å²) in [5.74, 6) is -6.07. The number of benzene rings is 2. The molecule has 0 amide bonds. The first kappa shape index (κ1) is 26.0. The van der Waals surface area contributed by atoms with Gasteiger partial charge in [0, 0.05) is 22.3 Å². The second-order valence-corrected chi connectivity index (χ2v) is 4.24. The molecule has 10 heteroatoms. The maximum Gasteiger partial charge on any atom is 2.00 e. The van der Waals surface area contributed by atoms with E-state index in [9.17, 15) is 39.6 Å². The first-order chi connectivity index (χ1) is 11.3. The van der Waals surface area contributed by atoms with Crippen LogP contribution in [-0.4, -0.2) is 51.2 Å². The van der Waals surface area contributed by atoms with Gasteiger partial charge < -0.3 is 39.6 Å². The third kappa shape index (κ3) is 7.32. The molecule has 26 heavy (non-hydrogen) atoms. The number of hydrogen-bond acceptors (Lipinski definition) is 8. The van der Waals surface area contributed by atoms with Crippen LogP contribution in [0.15, 0.2) is 48.5 Å². The normalized spacial score (nSPS) is 8.62. The van der Waals surface area contributed by atoms with Crippen molar-refractivity contribution in [2.24, 2.45) is 0 Å². The van der Waals surface area contributed by atoms with Crippen LogP contribution in [0.4, 0.5) is 0 Å². The zero-order valence-corrected chi connectivity index (χ0v) is 17.6. The van der Waals surface area contributed by atoms with Gasteiger partial charge in [-0.15, -0.1) is 0 Å². The predicted octanol–water partition coefficient (Wildman–Crippen LogP) is -3.56.